The Morgan fingerprint density at radius 2 is 2.26 bits per heavy atom. The maximum absolute atomic E-state index is 4.45. The van der Waals surface area contributed by atoms with E-state index in [0.29, 0.717) is 0 Å². The van der Waals surface area contributed by atoms with E-state index in [4.69, 9.17) is 0 Å². The van der Waals surface area contributed by atoms with Crippen molar-refractivity contribution in [3.63, 3.8) is 0 Å². The Morgan fingerprint density at radius 1 is 1.26 bits per heavy atom. The maximum Gasteiger partial charge on any atom is 0.138 e. The highest BCUT2D eigenvalue weighted by molar-refractivity contribution is 7.19. The molecule has 0 aromatic carbocycles. The van der Waals surface area contributed by atoms with Gasteiger partial charge >= 0.3 is 0 Å². The summed E-state index contributed by atoms with van der Waals surface area (Å²) >= 11 is 3.61. The number of hydrogen-bond acceptors (Lipinski definition) is 5. The van der Waals surface area contributed by atoms with E-state index >= 15 is 0 Å². The van der Waals surface area contributed by atoms with Crippen molar-refractivity contribution in [3.8, 4) is 0 Å². The largest absolute Gasteiger partial charge is 0.365 e. The highest BCUT2D eigenvalue weighted by atomic mass is 32.1. The lowest BCUT2D eigenvalue weighted by Gasteiger charge is -2.06. The fourth-order valence-corrected chi connectivity index (χ4v) is 4.52. The van der Waals surface area contributed by atoms with Gasteiger partial charge in [-0.3, -0.25) is 0 Å². The average Bonchev–Trinajstić information content (AvgIpc) is 3.12. The summed E-state index contributed by atoms with van der Waals surface area (Å²) in [5.74, 6) is 0.998. The third kappa shape index (κ3) is 1.93. The monoisotopic (exact) mass is 287 g/mol. The molecular formula is C14H13N3S2. The summed E-state index contributed by atoms with van der Waals surface area (Å²) in [5, 5.41) is 6.84. The lowest BCUT2D eigenvalue weighted by molar-refractivity contribution is 0.917. The molecule has 0 atom stereocenters. The molecule has 0 aliphatic heterocycles. The second-order valence-corrected chi connectivity index (χ2v) is 6.81. The Kier molecular flexibility index (Phi) is 2.74. The number of nitrogens with zero attached hydrogens (tertiary/aromatic N) is 2. The molecule has 0 amide bonds. The summed E-state index contributed by atoms with van der Waals surface area (Å²) in [5.41, 5.74) is 1.48. The van der Waals surface area contributed by atoms with E-state index in [-0.39, 0.29) is 0 Å². The van der Waals surface area contributed by atoms with Gasteiger partial charge in [-0.25, -0.2) is 9.97 Å². The van der Waals surface area contributed by atoms with E-state index in [2.05, 4.69) is 32.8 Å². The number of aromatic nitrogens is 2. The molecule has 0 saturated carbocycles. The molecule has 1 N–H and O–H groups in total. The van der Waals surface area contributed by atoms with Crippen LogP contribution in [0, 0.1) is 0 Å². The van der Waals surface area contributed by atoms with Crippen molar-refractivity contribution in [2.45, 2.75) is 25.8 Å². The van der Waals surface area contributed by atoms with Crippen LogP contribution in [0.15, 0.2) is 23.8 Å². The molecule has 3 nitrogen and oxygen atoms in total. The van der Waals surface area contributed by atoms with Gasteiger partial charge in [-0.1, -0.05) is 6.07 Å². The first-order valence-electron chi connectivity index (χ1n) is 6.43. The van der Waals surface area contributed by atoms with Crippen LogP contribution in [0.2, 0.25) is 0 Å². The van der Waals surface area contributed by atoms with Crippen LogP contribution in [-0.2, 0) is 19.4 Å². The molecule has 0 bridgehead atoms. The van der Waals surface area contributed by atoms with Crippen LogP contribution in [0.4, 0.5) is 5.82 Å². The SMILES string of the molecule is c1csc(CNc2ncnc3sc4c(c23)CCC4)c1. The van der Waals surface area contributed by atoms with Gasteiger partial charge in [-0.15, -0.1) is 22.7 Å². The molecule has 0 saturated heterocycles. The zero-order valence-electron chi connectivity index (χ0n) is 10.3. The smallest absolute Gasteiger partial charge is 0.138 e. The molecule has 0 radical (unpaired) electrons. The number of anilines is 1. The van der Waals surface area contributed by atoms with Crippen molar-refractivity contribution in [2.75, 3.05) is 5.32 Å². The van der Waals surface area contributed by atoms with E-state index in [1.807, 2.05) is 11.3 Å². The molecule has 19 heavy (non-hydrogen) atoms. The minimum Gasteiger partial charge on any atom is -0.365 e. The molecule has 3 aromatic heterocycles. The predicted octanol–water partition coefficient (Wildman–Crippen LogP) is 3.85. The van der Waals surface area contributed by atoms with Crippen molar-refractivity contribution < 1.29 is 0 Å². The Morgan fingerprint density at radius 3 is 3.16 bits per heavy atom. The van der Waals surface area contributed by atoms with Crippen LogP contribution in [0.25, 0.3) is 10.2 Å². The first kappa shape index (κ1) is 11.4. The van der Waals surface area contributed by atoms with Crippen LogP contribution < -0.4 is 5.32 Å². The van der Waals surface area contributed by atoms with Gasteiger partial charge in [0.2, 0.25) is 0 Å². The van der Waals surface area contributed by atoms with Crippen molar-refractivity contribution in [1.29, 1.82) is 0 Å². The number of thiophene rings is 2. The van der Waals surface area contributed by atoms with Crippen molar-refractivity contribution >= 4 is 38.7 Å². The Bertz CT molecular complexity index is 716. The van der Waals surface area contributed by atoms with E-state index < -0.39 is 0 Å². The lowest BCUT2D eigenvalue weighted by atomic mass is 10.2. The number of hydrogen-bond donors (Lipinski definition) is 1. The maximum atomic E-state index is 4.45. The number of aryl methyl sites for hydroxylation is 2. The summed E-state index contributed by atoms with van der Waals surface area (Å²) in [7, 11) is 0. The molecule has 0 spiro atoms. The minimum absolute atomic E-state index is 0.842. The van der Waals surface area contributed by atoms with Gasteiger partial charge in [0.05, 0.1) is 11.9 Å². The van der Waals surface area contributed by atoms with Crippen molar-refractivity contribution in [1.82, 2.24) is 9.97 Å². The first-order chi connectivity index (χ1) is 9.42. The van der Waals surface area contributed by atoms with Crippen LogP contribution in [0.3, 0.4) is 0 Å². The average molecular weight is 287 g/mol. The van der Waals surface area contributed by atoms with E-state index in [1.54, 1.807) is 17.7 Å². The van der Waals surface area contributed by atoms with Crippen LogP contribution in [-0.4, -0.2) is 9.97 Å². The predicted molar refractivity (Wildman–Crippen MR) is 81.1 cm³/mol. The van der Waals surface area contributed by atoms with Gasteiger partial charge < -0.3 is 5.32 Å². The molecule has 1 aliphatic rings. The molecule has 96 valence electrons. The summed E-state index contributed by atoms with van der Waals surface area (Å²) in [6.45, 7) is 0.842. The zero-order chi connectivity index (χ0) is 12.7. The fraction of sp³-hybridized carbons (Fsp3) is 0.286. The third-order valence-corrected chi connectivity index (χ3v) is 5.59. The Labute approximate surface area is 119 Å². The van der Waals surface area contributed by atoms with E-state index in [0.717, 1.165) is 17.2 Å². The van der Waals surface area contributed by atoms with Crippen LogP contribution >= 0.6 is 22.7 Å². The highest BCUT2D eigenvalue weighted by Crippen LogP contribution is 2.39. The first-order valence-corrected chi connectivity index (χ1v) is 8.13. The molecular weight excluding hydrogens is 274 g/mol. The van der Waals surface area contributed by atoms with Gasteiger partial charge in [0.15, 0.2) is 0 Å². The van der Waals surface area contributed by atoms with Gasteiger partial charge in [-0.05, 0) is 36.3 Å². The quantitative estimate of drug-likeness (QED) is 0.795. The molecule has 4 rings (SSSR count). The third-order valence-electron chi connectivity index (χ3n) is 3.51. The van der Waals surface area contributed by atoms with Crippen molar-refractivity contribution in [3.05, 3.63) is 39.2 Å². The number of fused-ring (bicyclic) bond motifs is 3. The summed E-state index contributed by atoms with van der Waals surface area (Å²) in [4.78, 5) is 12.8. The van der Waals surface area contributed by atoms with Gasteiger partial charge in [-0.2, -0.15) is 0 Å². The van der Waals surface area contributed by atoms with Crippen molar-refractivity contribution in [2.24, 2.45) is 0 Å². The second-order valence-electron chi connectivity index (χ2n) is 4.69. The number of rotatable bonds is 3. The Balaban J connectivity index is 1.73. The van der Waals surface area contributed by atoms with Gasteiger partial charge in [0, 0.05) is 9.75 Å². The van der Waals surface area contributed by atoms with Gasteiger partial charge in [0.25, 0.3) is 0 Å². The van der Waals surface area contributed by atoms with E-state index in [1.165, 1.54) is 40.0 Å². The molecule has 1 aliphatic carbocycles. The number of nitrogens with one attached hydrogen (secondary N) is 1. The molecule has 0 unspecified atom stereocenters. The molecule has 0 fully saturated rings. The Hall–Kier alpha value is -1.46. The zero-order valence-corrected chi connectivity index (χ0v) is 12.0. The molecule has 3 heterocycles. The topological polar surface area (TPSA) is 37.8 Å². The molecule has 3 aromatic rings. The highest BCUT2D eigenvalue weighted by Gasteiger charge is 2.20. The van der Waals surface area contributed by atoms with E-state index in [9.17, 15) is 0 Å². The van der Waals surface area contributed by atoms with Crippen LogP contribution in [0.1, 0.15) is 21.7 Å². The summed E-state index contributed by atoms with van der Waals surface area (Å²) in [6.07, 6.45) is 5.33. The van der Waals surface area contributed by atoms with Crippen LogP contribution in [0.5, 0.6) is 0 Å². The minimum atomic E-state index is 0.842. The lowest BCUT2D eigenvalue weighted by Crippen LogP contribution is -2.01. The van der Waals surface area contributed by atoms with Gasteiger partial charge in [0.1, 0.15) is 17.0 Å². The summed E-state index contributed by atoms with van der Waals surface area (Å²) in [6, 6.07) is 4.23. The summed E-state index contributed by atoms with van der Waals surface area (Å²) < 4.78 is 0. The standard InChI is InChI=1S/C14H13N3S2/c1-4-10-11(5-1)19-14-12(10)13(16-8-17-14)15-7-9-3-2-6-18-9/h2-3,6,8H,1,4-5,7H2,(H,15,16,17). The fourth-order valence-electron chi connectivity index (χ4n) is 2.65. The normalized spacial score (nSPS) is 13.9. The second kappa shape index (κ2) is 4.58. The molecule has 5 heteroatoms.